The minimum absolute atomic E-state index is 0.388. The fourth-order valence-electron chi connectivity index (χ4n) is 2.73. The number of piperazine rings is 1. The van der Waals surface area contributed by atoms with Crippen LogP contribution in [0.15, 0.2) is 24.3 Å². The fourth-order valence-corrected chi connectivity index (χ4v) is 2.73. The molecule has 1 saturated heterocycles. The van der Waals surface area contributed by atoms with Crippen LogP contribution in [-0.2, 0) is 11.3 Å². The van der Waals surface area contributed by atoms with Crippen molar-refractivity contribution in [3.8, 4) is 0 Å². The third kappa shape index (κ3) is 5.50. The maximum Gasteiger partial charge on any atom is 0.268 e. The summed E-state index contributed by atoms with van der Waals surface area (Å²) in [6.45, 7) is 6.33. The Morgan fingerprint density at radius 1 is 1.16 bits per heavy atom. The number of aliphatic hydroxyl groups excluding tert-OH is 1. The molecule has 25 heavy (non-hydrogen) atoms. The molecule has 1 aliphatic heterocycles. The monoisotopic (exact) mass is 350 g/mol. The lowest BCUT2D eigenvalue weighted by Crippen LogP contribution is -2.51. The lowest BCUT2D eigenvalue weighted by molar-refractivity contribution is -0.133. The van der Waals surface area contributed by atoms with E-state index in [2.05, 4.69) is 22.2 Å². The summed E-state index contributed by atoms with van der Waals surface area (Å²) in [4.78, 5) is 28.4. The summed E-state index contributed by atoms with van der Waals surface area (Å²) in [7, 11) is 2.11. The number of hydrogen-bond acceptors (Lipinski definition) is 6. The van der Waals surface area contributed by atoms with Crippen LogP contribution in [-0.4, -0.2) is 77.3 Å². The van der Waals surface area contributed by atoms with E-state index >= 15 is 0 Å². The van der Waals surface area contributed by atoms with E-state index in [4.69, 9.17) is 5.21 Å². The predicted octanol–water partition coefficient (Wildman–Crippen LogP) is -0.581. The summed E-state index contributed by atoms with van der Waals surface area (Å²) in [5.41, 5.74) is 2.94. The molecule has 0 spiro atoms. The van der Waals surface area contributed by atoms with Gasteiger partial charge in [0.25, 0.3) is 11.8 Å². The number of rotatable bonds is 6. The van der Waals surface area contributed by atoms with Crippen molar-refractivity contribution in [3.05, 3.63) is 35.4 Å². The van der Waals surface area contributed by atoms with Gasteiger partial charge in [0, 0.05) is 38.3 Å². The largest absolute Gasteiger partial charge is 0.391 e. The smallest absolute Gasteiger partial charge is 0.268 e. The van der Waals surface area contributed by atoms with Crippen LogP contribution in [0.2, 0.25) is 0 Å². The molecular formula is C17H26N4O4. The normalized spacial score (nSPS) is 18.4. The number of nitrogens with zero attached hydrogens (tertiary/aromatic N) is 2. The van der Waals surface area contributed by atoms with Crippen LogP contribution >= 0.6 is 0 Å². The van der Waals surface area contributed by atoms with Gasteiger partial charge in [0.05, 0.1) is 6.10 Å². The first-order valence-corrected chi connectivity index (χ1v) is 8.33. The molecule has 2 rings (SSSR count). The molecule has 0 saturated carbocycles. The van der Waals surface area contributed by atoms with Gasteiger partial charge in [0.1, 0.15) is 6.04 Å². The Hall–Kier alpha value is -2.00. The highest BCUT2D eigenvalue weighted by Crippen LogP contribution is 2.10. The maximum absolute atomic E-state index is 12.2. The minimum atomic E-state index is -1.22. The van der Waals surface area contributed by atoms with Crippen molar-refractivity contribution in [2.45, 2.75) is 25.6 Å². The van der Waals surface area contributed by atoms with Crippen LogP contribution in [0, 0.1) is 0 Å². The molecule has 1 fully saturated rings. The Balaban J connectivity index is 1.94. The molecule has 4 N–H and O–H groups in total. The van der Waals surface area contributed by atoms with Crippen LogP contribution < -0.4 is 10.8 Å². The average Bonchev–Trinajstić information content (AvgIpc) is 2.61. The number of aliphatic hydroxyl groups is 1. The fraction of sp³-hybridized carbons (Fsp3) is 0.529. The topological polar surface area (TPSA) is 105 Å². The van der Waals surface area contributed by atoms with Crippen LogP contribution in [0.4, 0.5) is 0 Å². The van der Waals surface area contributed by atoms with E-state index < -0.39 is 24.0 Å². The Morgan fingerprint density at radius 2 is 1.76 bits per heavy atom. The first kappa shape index (κ1) is 19.3. The number of amides is 2. The molecule has 1 aromatic carbocycles. The first-order chi connectivity index (χ1) is 11.9. The van der Waals surface area contributed by atoms with Gasteiger partial charge in [-0.2, -0.15) is 0 Å². The highest BCUT2D eigenvalue weighted by Gasteiger charge is 2.25. The summed E-state index contributed by atoms with van der Waals surface area (Å²) in [5.74, 6) is -1.35. The lowest BCUT2D eigenvalue weighted by atomic mass is 10.1. The third-order valence-electron chi connectivity index (χ3n) is 4.38. The van der Waals surface area contributed by atoms with Crippen LogP contribution in [0.5, 0.6) is 0 Å². The molecule has 0 aliphatic carbocycles. The number of nitrogens with one attached hydrogen (secondary N) is 2. The van der Waals surface area contributed by atoms with Gasteiger partial charge < -0.3 is 15.3 Å². The van der Waals surface area contributed by atoms with E-state index in [0.29, 0.717) is 5.56 Å². The van der Waals surface area contributed by atoms with E-state index in [1.54, 1.807) is 12.1 Å². The molecule has 2 amide bonds. The van der Waals surface area contributed by atoms with Gasteiger partial charge in [-0.05, 0) is 31.7 Å². The quantitative estimate of drug-likeness (QED) is 0.404. The van der Waals surface area contributed by atoms with E-state index in [0.717, 1.165) is 38.3 Å². The van der Waals surface area contributed by atoms with Crippen molar-refractivity contribution in [3.63, 3.8) is 0 Å². The van der Waals surface area contributed by atoms with Crippen molar-refractivity contribution in [1.29, 1.82) is 0 Å². The molecule has 0 radical (unpaired) electrons. The molecule has 8 heteroatoms. The highest BCUT2D eigenvalue weighted by molar-refractivity contribution is 5.97. The molecule has 0 aromatic heterocycles. The zero-order valence-corrected chi connectivity index (χ0v) is 14.6. The first-order valence-electron chi connectivity index (χ1n) is 8.33. The lowest BCUT2D eigenvalue weighted by Gasteiger charge is -2.32. The Kier molecular flexibility index (Phi) is 6.89. The number of benzene rings is 1. The SMILES string of the molecule is C[C@@H](O)[C@H](NC(=O)c1ccc(CN2CCN(C)CC2)cc1)C(=O)NO. The molecule has 138 valence electrons. The van der Waals surface area contributed by atoms with Gasteiger partial charge >= 0.3 is 0 Å². The summed E-state index contributed by atoms with van der Waals surface area (Å²) in [6.07, 6.45) is -1.13. The Bertz CT molecular complexity index is 583. The van der Waals surface area contributed by atoms with Gasteiger partial charge in [0.2, 0.25) is 0 Å². The second-order valence-corrected chi connectivity index (χ2v) is 6.44. The maximum atomic E-state index is 12.2. The number of carbonyl (C=O) groups is 2. The van der Waals surface area contributed by atoms with Crippen molar-refractivity contribution < 1.29 is 19.9 Å². The highest BCUT2D eigenvalue weighted by atomic mass is 16.5. The van der Waals surface area contributed by atoms with Crippen molar-refractivity contribution in [2.75, 3.05) is 33.2 Å². The number of hydrogen-bond donors (Lipinski definition) is 4. The van der Waals surface area contributed by atoms with Gasteiger partial charge in [0.15, 0.2) is 0 Å². The van der Waals surface area contributed by atoms with Crippen LogP contribution in [0.25, 0.3) is 0 Å². The summed E-state index contributed by atoms with van der Waals surface area (Å²) < 4.78 is 0. The zero-order valence-electron chi connectivity index (χ0n) is 14.6. The standard InChI is InChI=1S/C17H26N4O4/c1-12(22)15(17(24)19-25)18-16(23)14-5-3-13(4-6-14)11-21-9-7-20(2)8-10-21/h3-6,12,15,22,25H,7-11H2,1-2H3,(H,18,23)(H,19,24)/t12-,15+/m1/s1. The second kappa shape index (κ2) is 8.91. The number of likely N-dealkylation sites (N-methyl/N-ethyl adjacent to an activating group) is 1. The summed E-state index contributed by atoms with van der Waals surface area (Å²) in [5, 5.41) is 20.6. The van der Waals surface area contributed by atoms with Gasteiger partial charge in [-0.3, -0.25) is 19.7 Å². The van der Waals surface area contributed by atoms with Crippen LogP contribution in [0.3, 0.4) is 0 Å². The van der Waals surface area contributed by atoms with E-state index in [-0.39, 0.29) is 0 Å². The molecule has 0 bridgehead atoms. The van der Waals surface area contributed by atoms with Gasteiger partial charge in [-0.25, -0.2) is 5.48 Å². The number of carbonyl (C=O) groups excluding carboxylic acids is 2. The molecule has 1 aromatic rings. The van der Waals surface area contributed by atoms with Crippen molar-refractivity contribution in [2.24, 2.45) is 0 Å². The van der Waals surface area contributed by atoms with E-state index in [9.17, 15) is 14.7 Å². The van der Waals surface area contributed by atoms with Crippen LogP contribution in [0.1, 0.15) is 22.8 Å². The zero-order chi connectivity index (χ0) is 18.4. The molecule has 0 unspecified atom stereocenters. The molecule has 8 nitrogen and oxygen atoms in total. The predicted molar refractivity (Wildman–Crippen MR) is 92.1 cm³/mol. The Morgan fingerprint density at radius 3 is 2.28 bits per heavy atom. The van der Waals surface area contributed by atoms with Gasteiger partial charge in [-0.1, -0.05) is 12.1 Å². The Labute approximate surface area is 147 Å². The van der Waals surface area contributed by atoms with Crippen molar-refractivity contribution in [1.82, 2.24) is 20.6 Å². The summed E-state index contributed by atoms with van der Waals surface area (Å²) >= 11 is 0. The molecule has 1 aliphatic rings. The third-order valence-corrected chi connectivity index (χ3v) is 4.38. The summed E-state index contributed by atoms with van der Waals surface area (Å²) in [6, 6.07) is 5.93. The molecule has 1 heterocycles. The van der Waals surface area contributed by atoms with E-state index in [1.807, 2.05) is 12.1 Å². The van der Waals surface area contributed by atoms with Gasteiger partial charge in [-0.15, -0.1) is 0 Å². The van der Waals surface area contributed by atoms with E-state index in [1.165, 1.54) is 12.4 Å². The molecule has 2 atom stereocenters. The van der Waals surface area contributed by atoms with Crippen molar-refractivity contribution >= 4 is 11.8 Å². The molecular weight excluding hydrogens is 324 g/mol. The number of hydroxylamine groups is 1. The second-order valence-electron chi connectivity index (χ2n) is 6.44. The minimum Gasteiger partial charge on any atom is -0.391 e. The average molecular weight is 350 g/mol.